The van der Waals surface area contributed by atoms with Gasteiger partial charge in [-0.15, -0.1) is 0 Å². The molecule has 2 aromatic rings. The van der Waals surface area contributed by atoms with Crippen LogP contribution in [0.5, 0.6) is 0 Å². The van der Waals surface area contributed by atoms with Gasteiger partial charge in [-0.3, -0.25) is 9.88 Å². The highest BCUT2D eigenvalue weighted by atomic mass is 16.3. The van der Waals surface area contributed by atoms with E-state index in [1.54, 1.807) is 0 Å². The average Bonchev–Trinajstić information content (AvgIpc) is 2.57. The molecule has 21 heavy (non-hydrogen) atoms. The fourth-order valence-corrected chi connectivity index (χ4v) is 3.07. The normalized spacial score (nSPS) is 18.5. The van der Waals surface area contributed by atoms with Gasteiger partial charge in [0.25, 0.3) is 0 Å². The second-order valence-electron chi connectivity index (χ2n) is 5.79. The number of aliphatic hydroxyl groups is 1. The molecule has 1 saturated heterocycles. The standard InChI is InChI=1S/C18H22N2O/c21-18(15-6-2-1-3-7-15)16-9-12-20(13-10-16)14-17-8-4-5-11-19-17/h1-8,11,16,18,21H,9-10,12-14H2. The number of aliphatic hydroxyl groups excluding tert-OH is 1. The summed E-state index contributed by atoms with van der Waals surface area (Å²) in [5.41, 5.74) is 2.17. The number of pyridine rings is 1. The van der Waals surface area contributed by atoms with Crippen LogP contribution in [-0.2, 0) is 6.54 Å². The van der Waals surface area contributed by atoms with Gasteiger partial charge in [-0.2, -0.15) is 0 Å². The predicted molar refractivity (Wildman–Crippen MR) is 83.6 cm³/mol. The Bertz CT molecular complexity index is 536. The highest BCUT2D eigenvalue weighted by Crippen LogP contribution is 2.30. The molecule has 1 unspecified atom stereocenters. The van der Waals surface area contributed by atoms with E-state index in [-0.39, 0.29) is 6.10 Å². The van der Waals surface area contributed by atoms with Crippen LogP contribution in [0.4, 0.5) is 0 Å². The minimum Gasteiger partial charge on any atom is -0.388 e. The van der Waals surface area contributed by atoms with Gasteiger partial charge >= 0.3 is 0 Å². The molecule has 1 aromatic heterocycles. The summed E-state index contributed by atoms with van der Waals surface area (Å²) < 4.78 is 0. The first-order chi connectivity index (χ1) is 10.3. The molecule has 1 aromatic carbocycles. The highest BCUT2D eigenvalue weighted by Gasteiger charge is 2.26. The van der Waals surface area contributed by atoms with Crippen molar-refractivity contribution >= 4 is 0 Å². The van der Waals surface area contributed by atoms with Crippen molar-refractivity contribution in [1.82, 2.24) is 9.88 Å². The Balaban J connectivity index is 1.53. The van der Waals surface area contributed by atoms with Gasteiger partial charge in [0.05, 0.1) is 11.8 Å². The monoisotopic (exact) mass is 282 g/mol. The zero-order chi connectivity index (χ0) is 14.5. The molecule has 1 N–H and O–H groups in total. The zero-order valence-electron chi connectivity index (χ0n) is 12.2. The number of benzene rings is 1. The van der Waals surface area contributed by atoms with Gasteiger partial charge in [-0.05, 0) is 49.5 Å². The molecule has 1 fully saturated rings. The van der Waals surface area contributed by atoms with Crippen LogP contribution in [0, 0.1) is 5.92 Å². The first-order valence-electron chi connectivity index (χ1n) is 7.68. The van der Waals surface area contributed by atoms with Crippen molar-refractivity contribution in [2.24, 2.45) is 5.92 Å². The Morgan fingerprint density at radius 1 is 1.05 bits per heavy atom. The van der Waals surface area contributed by atoms with E-state index in [9.17, 15) is 5.11 Å². The molecule has 0 aliphatic carbocycles. The van der Waals surface area contributed by atoms with Crippen LogP contribution in [0.2, 0.25) is 0 Å². The van der Waals surface area contributed by atoms with Crippen LogP contribution < -0.4 is 0 Å². The van der Waals surface area contributed by atoms with Gasteiger partial charge in [-0.25, -0.2) is 0 Å². The average molecular weight is 282 g/mol. The summed E-state index contributed by atoms with van der Waals surface area (Å²) in [4.78, 5) is 6.81. The summed E-state index contributed by atoms with van der Waals surface area (Å²) in [5, 5.41) is 10.5. The lowest BCUT2D eigenvalue weighted by Crippen LogP contribution is -2.35. The highest BCUT2D eigenvalue weighted by molar-refractivity contribution is 5.18. The maximum Gasteiger partial charge on any atom is 0.0819 e. The molecule has 0 saturated carbocycles. The smallest absolute Gasteiger partial charge is 0.0819 e. The SMILES string of the molecule is OC(c1ccccc1)C1CCN(Cc2ccccn2)CC1. The summed E-state index contributed by atoms with van der Waals surface area (Å²) in [7, 11) is 0. The number of likely N-dealkylation sites (tertiary alicyclic amines) is 1. The fraction of sp³-hybridized carbons (Fsp3) is 0.389. The molecule has 1 atom stereocenters. The molecule has 3 rings (SSSR count). The summed E-state index contributed by atoms with van der Waals surface area (Å²) in [6, 6.07) is 16.1. The third kappa shape index (κ3) is 3.69. The quantitative estimate of drug-likeness (QED) is 0.936. The van der Waals surface area contributed by atoms with Crippen molar-refractivity contribution in [3.8, 4) is 0 Å². The molecule has 3 heteroatoms. The first kappa shape index (κ1) is 14.2. The summed E-state index contributed by atoms with van der Waals surface area (Å²) in [5.74, 6) is 0.368. The Hall–Kier alpha value is -1.71. The van der Waals surface area contributed by atoms with Crippen molar-refractivity contribution < 1.29 is 5.11 Å². The molecular weight excluding hydrogens is 260 g/mol. The van der Waals surface area contributed by atoms with E-state index in [1.165, 1.54) is 0 Å². The van der Waals surface area contributed by atoms with E-state index in [0.29, 0.717) is 5.92 Å². The van der Waals surface area contributed by atoms with E-state index in [2.05, 4.69) is 16.0 Å². The van der Waals surface area contributed by atoms with Crippen LogP contribution >= 0.6 is 0 Å². The van der Waals surface area contributed by atoms with Gasteiger partial charge in [0.2, 0.25) is 0 Å². The van der Waals surface area contributed by atoms with Gasteiger partial charge in [0.15, 0.2) is 0 Å². The minimum atomic E-state index is -0.330. The number of piperidine rings is 1. The summed E-state index contributed by atoms with van der Waals surface area (Å²) in [6.45, 7) is 2.98. The van der Waals surface area contributed by atoms with Gasteiger partial charge < -0.3 is 5.11 Å². The first-order valence-corrected chi connectivity index (χ1v) is 7.68. The molecule has 2 heterocycles. The molecule has 1 aliphatic heterocycles. The molecule has 3 nitrogen and oxygen atoms in total. The number of aromatic nitrogens is 1. The number of hydrogen-bond donors (Lipinski definition) is 1. The molecule has 0 amide bonds. The van der Waals surface area contributed by atoms with Crippen LogP contribution in [0.3, 0.4) is 0 Å². The van der Waals surface area contributed by atoms with Gasteiger partial charge in [0.1, 0.15) is 0 Å². The molecule has 1 aliphatic rings. The van der Waals surface area contributed by atoms with Crippen LogP contribution in [0.1, 0.15) is 30.2 Å². The maximum atomic E-state index is 10.5. The molecule has 0 spiro atoms. The molecule has 0 bridgehead atoms. The third-order valence-electron chi connectivity index (χ3n) is 4.33. The Morgan fingerprint density at radius 2 is 1.76 bits per heavy atom. The lowest BCUT2D eigenvalue weighted by atomic mass is 9.87. The topological polar surface area (TPSA) is 36.4 Å². The number of rotatable bonds is 4. The van der Waals surface area contributed by atoms with E-state index in [1.807, 2.05) is 48.7 Å². The van der Waals surface area contributed by atoms with E-state index in [4.69, 9.17) is 0 Å². The molecule has 110 valence electrons. The van der Waals surface area contributed by atoms with Crippen molar-refractivity contribution in [2.75, 3.05) is 13.1 Å². The second-order valence-corrected chi connectivity index (χ2v) is 5.79. The zero-order valence-corrected chi connectivity index (χ0v) is 12.2. The summed E-state index contributed by atoms with van der Waals surface area (Å²) in [6.07, 6.45) is 3.61. The number of nitrogens with zero attached hydrogens (tertiary/aromatic N) is 2. The van der Waals surface area contributed by atoms with Gasteiger partial charge in [0, 0.05) is 12.7 Å². The molecular formula is C18H22N2O. The van der Waals surface area contributed by atoms with E-state index in [0.717, 1.165) is 43.7 Å². The summed E-state index contributed by atoms with van der Waals surface area (Å²) >= 11 is 0. The fourth-order valence-electron chi connectivity index (χ4n) is 3.07. The molecule has 0 radical (unpaired) electrons. The lowest BCUT2D eigenvalue weighted by molar-refractivity contribution is 0.0564. The maximum absolute atomic E-state index is 10.5. The van der Waals surface area contributed by atoms with Crippen LogP contribution in [-0.4, -0.2) is 28.1 Å². The Morgan fingerprint density at radius 3 is 2.43 bits per heavy atom. The Labute approximate surface area is 126 Å². The van der Waals surface area contributed by atoms with Crippen molar-refractivity contribution in [2.45, 2.75) is 25.5 Å². The Kier molecular flexibility index (Phi) is 4.63. The van der Waals surface area contributed by atoms with Crippen LogP contribution in [0.25, 0.3) is 0 Å². The van der Waals surface area contributed by atoms with Crippen molar-refractivity contribution in [1.29, 1.82) is 0 Å². The third-order valence-corrected chi connectivity index (χ3v) is 4.33. The largest absolute Gasteiger partial charge is 0.388 e. The van der Waals surface area contributed by atoms with Gasteiger partial charge in [-0.1, -0.05) is 36.4 Å². The van der Waals surface area contributed by atoms with Crippen molar-refractivity contribution in [3.05, 3.63) is 66.0 Å². The van der Waals surface area contributed by atoms with Crippen molar-refractivity contribution in [3.63, 3.8) is 0 Å². The van der Waals surface area contributed by atoms with E-state index >= 15 is 0 Å². The second kappa shape index (κ2) is 6.83. The van der Waals surface area contributed by atoms with Crippen LogP contribution in [0.15, 0.2) is 54.7 Å². The minimum absolute atomic E-state index is 0.330. The predicted octanol–water partition coefficient (Wildman–Crippen LogP) is 3.03. The number of hydrogen-bond acceptors (Lipinski definition) is 3. The van der Waals surface area contributed by atoms with E-state index < -0.39 is 0 Å². The lowest BCUT2D eigenvalue weighted by Gasteiger charge is -2.34.